The van der Waals surface area contributed by atoms with Crippen LogP contribution < -0.4 is 14.2 Å². The van der Waals surface area contributed by atoms with E-state index in [2.05, 4.69) is 133 Å². The molecule has 49 heavy (non-hydrogen) atoms. The minimum Gasteiger partial charge on any atom is -0.496 e. The Kier molecular flexibility index (Phi) is 5.84. The molecular weight excluding hydrogens is 601 g/mol. The van der Waals surface area contributed by atoms with Gasteiger partial charge in [0.15, 0.2) is 5.60 Å². The minimum absolute atomic E-state index is 0.534. The van der Waals surface area contributed by atoms with Crippen molar-refractivity contribution in [1.29, 1.82) is 0 Å². The molecule has 3 nitrogen and oxygen atoms in total. The quantitative estimate of drug-likeness (QED) is 0.189. The number of hydrogen-bond acceptors (Lipinski definition) is 3. The third-order valence-electron chi connectivity index (χ3n) is 10.9. The summed E-state index contributed by atoms with van der Waals surface area (Å²) in [6.07, 6.45) is 2.33. The van der Waals surface area contributed by atoms with Crippen LogP contribution in [-0.2, 0) is 11.0 Å². The van der Waals surface area contributed by atoms with Crippen molar-refractivity contribution in [3.05, 3.63) is 202 Å². The van der Waals surface area contributed by atoms with Gasteiger partial charge in [0.2, 0.25) is 0 Å². The van der Waals surface area contributed by atoms with Crippen molar-refractivity contribution in [2.45, 2.75) is 11.0 Å². The number of para-hydroxylation sites is 2. The normalized spacial score (nSPS) is 17.3. The molecule has 0 aromatic heterocycles. The van der Waals surface area contributed by atoms with Crippen LogP contribution in [0.4, 0.5) is 0 Å². The molecule has 234 valence electrons. The minimum atomic E-state index is -1.08. The summed E-state index contributed by atoms with van der Waals surface area (Å²) in [7, 11) is 3.45. The Morgan fingerprint density at radius 3 is 1.63 bits per heavy atom. The average Bonchev–Trinajstić information content (AvgIpc) is 3.50. The van der Waals surface area contributed by atoms with Gasteiger partial charge in [0.25, 0.3) is 0 Å². The van der Waals surface area contributed by atoms with E-state index in [4.69, 9.17) is 14.2 Å². The van der Waals surface area contributed by atoms with Crippen LogP contribution in [0.5, 0.6) is 17.2 Å². The Hall–Kier alpha value is -6.06. The maximum Gasteiger partial charge on any atom is 0.185 e. The number of fused-ring (bicyclic) bond motifs is 9. The van der Waals surface area contributed by atoms with Crippen LogP contribution in [0.25, 0.3) is 27.5 Å². The molecule has 0 N–H and O–H groups in total. The summed E-state index contributed by atoms with van der Waals surface area (Å²) < 4.78 is 19.9. The highest BCUT2D eigenvalue weighted by Gasteiger charge is 2.56. The molecule has 0 saturated heterocycles. The standard InChI is InChI=1S/C46H32O3/c1-47-39-26-14-12-24-37(39)45(38-25-13-15-27-40(38)48-2)28-34-30-18-8-10-22-35(30)46(29-16-4-3-5-17-29)36-23-11-9-21-33(36)41-31-19-6-7-20-32(31)44(49-45)42(34)43(41)46/h3-28H,1-2H3/t46-/m0/s1. The van der Waals surface area contributed by atoms with E-state index in [1.165, 1.54) is 44.3 Å². The molecule has 1 aliphatic heterocycles. The van der Waals surface area contributed by atoms with Crippen LogP contribution in [-0.4, -0.2) is 14.2 Å². The fourth-order valence-electron chi connectivity index (χ4n) is 9.05. The van der Waals surface area contributed by atoms with E-state index in [0.717, 1.165) is 44.9 Å². The molecule has 0 radical (unpaired) electrons. The largest absolute Gasteiger partial charge is 0.496 e. The van der Waals surface area contributed by atoms with Crippen molar-refractivity contribution in [1.82, 2.24) is 0 Å². The van der Waals surface area contributed by atoms with Gasteiger partial charge >= 0.3 is 0 Å². The third kappa shape index (κ3) is 3.47. The molecule has 0 unspecified atom stereocenters. The topological polar surface area (TPSA) is 27.7 Å². The van der Waals surface area contributed by atoms with Gasteiger partial charge in [-0.3, -0.25) is 0 Å². The van der Waals surface area contributed by atoms with Gasteiger partial charge in [0.1, 0.15) is 17.2 Å². The van der Waals surface area contributed by atoms with Crippen molar-refractivity contribution in [3.8, 4) is 28.4 Å². The summed E-state index contributed by atoms with van der Waals surface area (Å²) >= 11 is 0. The van der Waals surface area contributed by atoms with Gasteiger partial charge in [-0.2, -0.15) is 0 Å². The van der Waals surface area contributed by atoms with E-state index < -0.39 is 11.0 Å². The van der Waals surface area contributed by atoms with Gasteiger partial charge in [-0.05, 0) is 68.1 Å². The summed E-state index contributed by atoms with van der Waals surface area (Å²) in [6, 6.07) is 54.1. The molecule has 1 heterocycles. The van der Waals surface area contributed by atoms with Gasteiger partial charge in [0.05, 0.1) is 19.6 Å². The van der Waals surface area contributed by atoms with E-state index in [1.54, 1.807) is 14.2 Å². The van der Waals surface area contributed by atoms with Crippen molar-refractivity contribution >= 4 is 16.3 Å². The van der Waals surface area contributed by atoms with Crippen LogP contribution in [0, 0.1) is 0 Å². The molecule has 7 aromatic rings. The predicted octanol–water partition coefficient (Wildman–Crippen LogP) is 10.3. The van der Waals surface area contributed by atoms with Gasteiger partial charge in [0, 0.05) is 22.1 Å². The summed E-state index contributed by atoms with van der Waals surface area (Å²) in [5, 5.41) is 2.25. The first-order valence-corrected chi connectivity index (χ1v) is 16.8. The first kappa shape index (κ1) is 28.0. The highest BCUT2D eigenvalue weighted by molar-refractivity contribution is 6.13. The molecule has 3 heteroatoms. The molecule has 0 fully saturated rings. The lowest BCUT2D eigenvalue weighted by Crippen LogP contribution is -2.40. The smallest absolute Gasteiger partial charge is 0.185 e. The van der Waals surface area contributed by atoms with Crippen molar-refractivity contribution in [2.24, 2.45) is 0 Å². The first-order chi connectivity index (χ1) is 24.2. The molecule has 0 amide bonds. The zero-order valence-electron chi connectivity index (χ0n) is 27.2. The Morgan fingerprint density at radius 2 is 0.980 bits per heavy atom. The Balaban J connectivity index is 1.45. The molecular formula is C46H32O3. The van der Waals surface area contributed by atoms with Gasteiger partial charge in [-0.25, -0.2) is 0 Å². The van der Waals surface area contributed by atoms with Crippen LogP contribution >= 0.6 is 0 Å². The van der Waals surface area contributed by atoms with Crippen LogP contribution in [0.2, 0.25) is 0 Å². The maximum absolute atomic E-state index is 7.73. The fourth-order valence-corrected chi connectivity index (χ4v) is 9.05. The Morgan fingerprint density at radius 1 is 0.469 bits per heavy atom. The highest BCUT2D eigenvalue weighted by atomic mass is 16.5. The molecule has 2 aliphatic carbocycles. The lowest BCUT2D eigenvalue weighted by molar-refractivity contribution is 0.154. The zero-order valence-corrected chi connectivity index (χ0v) is 27.2. The molecule has 3 aliphatic rings. The SMILES string of the molecule is COc1ccccc1C1(c2ccccc2OC)C=C2c3ccccc3[C@@]3(c4ccccc4)c4ccccc4-c4c3c2c(c2ccccc42)O1. The molecule has 7 aromatic carbocycles. The van der Waals surface area contributed by atoms with E-state index >= 15 is 0 Å². The number of methoxy groups -OCH3 is 2. The summed E-state index contributed by atoms with van der Waals surface area (Å²) in [5.41, 5.74) is 11.3. The van der Waals surface area contributed by atoms with Crippen molar-refractivity contribution < 1.29 is 14.2 Å². The number of ether oxygens (including phenoxy) is 3. The van der Waals surface area contributed by atoms with Gasteiger partial charge in [-0.15, -0.1) is 0 Å². The second-order valence-corrected chi connectivity index (χ2v) is 13.0. The van der Waals surface area contributed by atoms with Gasteiger partial charge in [-0.1, -0.05) is 140 Å². The summed E-state index contributed by atoms with van der Waals surface area (Å²) in [4.78, 5) is 0. The van der Waals surface area contributed by atoms with E-state index in [0.29, 0.717) is 0 Å². The maximum atomic E-state index is 7.73. The average molecular weight is 633 g/mol. The van der Waals surface area contributed by atoms with Crippen LogP contribution in [0.3, 0.4) is 0 Å². The Labute approximate surface area is 285 Å². The first-order valence-electron chi connectivity index (χ1n) is 16.8. The molecule has 0 saturated carbocycles. The van der Waals surface area contributed by atoms with E-state index in [-0.39, 0.29) is 0 Å². The molecule has 10 rings (SSSR count). The van der Waals surface area contributed by atoms with E-state index in [9.17, 15) is 0 Å². The van der Waals surface area contributed by atoms with Crippen LogP contribution in [0.1, 0.15) is 44.5 Å². The monoisotopic (exact) mass is 632 g/mol. The second-order valence-electron chi connectivity index (χ2n) is 13.0. The number of rotatable bonds is 5. The number of benzene rings is 7. The fraction of sp³-hybridized carbons (Fsp3) is 0.0870. The zero-order chi connectivity index (χ0) is 32.7. The second kappa shape index (κ2) is 10.2. The molecule has 1 atom stereocenters. The number of hydrogen-bond donors (Lipinski definition) is 0. The molecule has 0 bridgehead atoms. The molecule has 0 spiro atoms. The van der Waals surface area contributed by atoms with Crippen LogP contribution in [0.15, 0.2) is 158 Å². The van der Waals surface area contributed by atoms with E-state index in [1.807, 2.05) is 24.3 Å². The lowest BCUT2D eigenvalue weighted by Gasteiger charge is -2.46. The summed E-state index contributed by atoms with van der Waals surface area (Å²) in [5.74, 6) is 2.36. The highest BCUT2D eigenvalue weighted by Crippen LogP contribution is 2.67. The van der Waals surface area contributed by atoms with Crippen molar-refractivity contribution in [2.75, 3.05) is 14.2 Å². The third-order valence-corrected chi connectivity index (χ3v) is 10.9. The predicted molar refractivity (Wildman–Crippen MR) is 196 cm³/mol. The Bertz CT molecular complexity index is 2460. The van der Waals surface area contributed by atoms with Gasteiger partial charge < -0.3 is 14.2 Å². The van der Waals surface area contributed by atoms with Crippen molar-refractivity contribution in [3.63, 3.8) is 0 Å². The lowest BCUT2D eigenvalue weighted by atomic mass is 9.59. The summed E-state index contributed by atoms with van der Waals surface area (Å²) in [6.45, 7) is 0.